The molecular formula is C20H12ClN7O2. The van der Waals surface area contributed by atoms with Crippen molar-refractivity contribution in [2.24, 2.45) is 5.10 Å². The molecule has 0 amide bonds. The van der Waals surface area contributed by atoms with Gasteiger partial charge in [0.25, 0.3) is 5.95 Å². The largest absolute Gasteiger partial charge is 0.454 e. The van der Waals surface area contributed by atoms with Crippen molar-refractivity contribution in [3.05, 3.63) is 53.2 Å². The first-order valence-corrected chi connectivity index (χ1v) is 9.42. The van der Waals surface area contributed by atoms with Gasteiger partial charge in [-0.05, 0) is 18.2 Å². The fourth-order valence-electron chi connectivity index (χ4n) is 3.37. The Bertz CT molecular complexity index is 1480. The van der Waals surface area contributed by atoms with E-state index in [-0.39, 0.29) is 12.7 Å². The number of benzene rings is 2. The summed E-state index contributed by atoms with van der Waals surface area (Å²) in [7, 11) is 0. The summed E-state index contributed by atoms with van der Waals surface area (Å²) in [4.78, 5) is 12.0. The van der Waals surface area contributed by atoms with Gasteiger partial charge in [0, 0.05) is 27.9 Å². The molecule has 0 spiro atoms. The van der Waals surface area contributed by atoms with E-state index in [0.29, 0.717) is 38.9 Å². The van der Waals surface area contributed by atoms with Crippen LogP contribution in [-0.2, 0) is 0 Å². The molecule has 0 bridgehead atoms. The smallest absolute Gasteiger partial charge is 0.265 e. The zero-order valence-electron chi connectivity index (χ0n) is 15.3. The quantitative estimate of drug-likeness (QED) is 0.260. The number of aromatic amines is 1. The van der Waals surface area contributed by atoms with Gasteiger partial charge >= 0.3 is 0 Å². The van der Waals surface area contributed by atoms with Crippen molar-refractivity contribution in [2.45, 2.75) is 0 Å². The predicted octanol–water partition coefficient (Wildman–Crippen LogP) is 3.88. The minimum absolute atomic E-state index is 0.201. The molecule has 0 saturated heterocycles. The standard InChI is InChI=1S/C20H12ClN7O2/c21-18-11(5-10-6-15-16(30-9-29-15)7-14(10)23-18)8-22-27-20-25-19-17(26-28-20)12-3-1-2-4-13(12)24-19/h1-8H,9H2,(H2,24,25,27,28). The van der Waals surface area contributed by atoms with E-state index in [9.17, 15) is 0 Å². The number of H-pyrrole nitrogens is 1. The maximum Gasteiger partial charge on any atom is 0.265 e. The number of anilines is 1. The van der Waals surface area contributed by atoms with Gasteiger partial charge in [0.2, 0.25) is 6.79 Å². The van der Waals surface area contributed by atoms with Crippen LogP contribution in [0.15, 0.2) is 47.6 Å². The zero-order chi connectivity index (χ0) is 20.1. The number of para-hydroxylation sites is 1. The third kappa shape index (κ3) is 2.75. The van der Waals surface area contributed by atoms with E-state index in [4.69, 9.17) is 21.1 Å². The molecule has 5 aromatic rings. The molecule has 30 heavy (non-hydrogen) atoms. The fourth-order valence-corrected chi connectivity index (χ4v) is 3.57. The number of hydrazone groups is 1. The summed E-state index contributed by atoms with van der Waals surface area (Å²) >= 11 is 6.31. The van der Waals surface area contributed by atoms with Crippen LogP contribution in [0, 0.1) is 0 Å². The normalized spacial score (nSPS) is 13.1. The number of nitrogens with zero attached hydrogens (tertiary/aromatic N) is 5. The van der Waals surface area contributed by atoms with Crippen molar-refractivity contribution in [1.29, 1.82) is 0 Å². The number of nitrogens with one attached hydrogen (secondary N) is 2. The summed E-state index contributed by atoms with van der Waals surface area (Å²) in [5.41, 5.74) is 6.42. The summed E-state index contributed by atoms with van der Waals surface area (Å²) in [5.74, 6) is 1.60. The first-order valence-electron chi connectivity index (χ1n) is 9.05. The van der Waals surface area contributed by atoms with Crippen molar-refractivity contribution in [3.63, 3.8) is 0 Å². The summed E-state index contributed by atoms with van der Waals surface area (Å²) in [6.45, 7) is 0.201. The van der Waals surface area contributed by atoms with Crippen LogP contribution in [0.2, 0.25) is 5.15 Å². The Balaban J connectivity index is 1.29. The second kappa shape index (κ2) is 6.53. The molecule has 1 aliphatic heterocycles. The van der Waals surface area contributed by atoms with Crippen LogP contribution in [-0.4, -0.2) is 38.2 Å². The van der Waals surface area contributed by atoms with Crippen LogP contribution in [0.5, 0.6) is 11.5 Å². The van der Waals surface area contributed by atoms with E-state index in [1.54, 1.807) is 12.3 Å². The maximum absolute atomic E-state index is 6.31. The van der Waals surface area contributed by atoms with Gasteiger partial charge in [-0.2, -0.15) is 10.1 Å². The van der Waals surface area contributed by atoms with Crippen molar-refractivity contribution in [2.75, 3.05) is 12.2 Å². The summed E-state index contributed by atoms with van der Waals surface area (Å²) in [6.07, 6.45) is 1.55. The Labute approximate surface area is 173 Å². The van der Waals surface area contributed by atoms with Crippen LogP contribution in [0.25, 0.3) is 33.0 Å². The summed E-state index contributed by atoms with van der Waals surface area (Å²) in [6, 6.07) is 13.4. The molecule has 2 aromatic carbocycles. The molecule has 3 aromatic heterocycles. The van der Waals surface area contributed by atoms with Gasteiger partial charge in [0.05, 0.1) is 11.7 Å². The van der Waals surface area contributed by atoms with E-state index < -0.39 is 0 Å². The zero-order valence-corrected chi connectivity index (χ0v) is 16.0. The van der Waals surface area contributed by atoms with Crippen LogP contribution in [0.3, 0.4) is 0 Å². The molecule has 4 heterocycles. The Morgan fingerprint density at radius 1 is 1.07 bits per heavy atom. The molecule has 0 unspecified atom stereocenters. The van der Waals surface area contributed by atoms with Crippen molar-refractivity contribution < 1.29 is 9.47 Å². The lowest BCUT2D eigenvalue weighted by Gasteiger charge is -2.04. The lowest BCUT2D eigenvalue weighted by molar-refractivity contribution is 0.174. The minimum atomic E-state index is 0.201. The summed E-state index contributed by atoms with van der Waals surface area (Å²) < 4.78 is 10.8. The predicted molar refractivity (Wildman–Crippen MR) is 113 cm³/mol. The maximum atomic E-state index is 6.31. The highest BCUT2D eigenvalue weighted by atomic mass is 35.5. The number of hydrogen-bond acceptors (Lipinski definition) is 8. The molecule has 146 valence electrons. The van der Waals surface area contributed by atoms with Gasteiger partial charge in [-0.25, -0.2) is 10.4 Å². The van der Waals surface area contributed by atoms with Crippen LogP contribution in [0.4, 0.5) is 5.95 Å². The lowest BCUT2D eigenvalue weighted by Crippen LogP contribution is -1.99. The van der Waals surface area contributed by atoms with E-state index >= 15 is 0 Å². The minimum Gasteiger partial charge on any atom is -0.454 e. The van der Waals surface area contributed by atoms with Crippen molar-refractivity contribution in [3.8, 4) is 11.5 Å². The van der Waals surface area contributed by atoms with Crippen molar-refractivity contribution in [1.82, 2.24) is 25.1 Å². The van der Waals surface area contributed by atoms with E-state index in [0.717, 1.165) is 16.3 Å². The number of ether oxygens (including phenoxy) is 2. The van der Waals surface area contributed by atoms with Gasteiger partial charge in [-0.3, -0.25) is 0 Å². The lowest BCUT2D eigenvalue weighted by atomic mass is 10.1. The topological polar surface area (TPSA) is 110 Å². The molecule has 10 heteroatoms. The highest BCUT2D eigenvalue weighted by molar-refractivity contribution is 6.32. The van der Waals surface area contributed by atoms with E-state index in [2.05, 4.69) is 35.7 Å². The van der Waals surface area contributed by atoms with Crippen LogP contribution in [0.1, 0.15) is 5.56 Å². The number of rotatable bonds is 3. The van der Waals surface area contributed by atoms with Gasteiger partial charge in [0.15, 0.2) is 17.1 Å². The van der Waals surface area contributed by atoms with E-state index in [1.165, 1.54) is 0 Å². The Morgan fingerprint density at radius 3 is 2.87 bits per heavy atom. The van der Waals surface area contributed by atoms with Crippen LogP contribution >= 0.6 is 11.6 Å². The van der Waals surface area contributed by atoms with Gasteiger partial charge in [-0.15, -0.1) is 10.2 Å². The number of pyridine rings is 1. The fraction of sp³-hybridized carbons (Fsp3) is 0.0500. The second-order valence-electron chi connectivity index (χ2n) is 6.64. The molecule has 2 N–H and O–H groups in total. The Morgan fingerprint density at radius 2 is 1.93 bits per heavy atom. The van der Waals surface area contributed by atoms with Crippen molar-refractivity contribution >= 4 is 56.7 Å². The molecule has 0 radical (unpaired) electrons. The second-order valence-corrected chi connectivity index (χ2v) is 7.00. The monoisotopic (exact) mass is 417 g/mol. The average Bonchev–Trinajstić information content (AvgIpc) is 3.35. The molecule has 9 nitrogen and oxygen atoms in total. The van der Waals surface area contributed by atoms with Gasteiger partial charge in [-0.1, -0.05) is 29.8 Å². The molecule has 0 aliphatic carbocycles. The summed E-state index contributed by atoms with van der Waals surface area (Å²) in [5, 5.41) is 14.7. The molecular weight excluding hydrogens is 406 g/mol. The molecule has 0 fully saturated rings. The highest BCUT2D eigenvalue weighted by Crippen LogP contribution is 2.36. The van der Waals surface area contributed by atoms with Crippen LogP contribution < -0.4 is 14.9 Å². The number of fused-ring (bicyclic) bond motifs is 5. The first kappa shape index (κ1) is 16.9. The molecule has 0 atom stereocenters. The Hall–Kier alpha value is -3.98. The molecule has 1 aliphatic rings. The molecule has 0 saturated carbocycles. The van der Waals surface area contributed by atoms with Gasteiger partial charge < -0.3 is 14.5 Å². The number of aromatic nitrogens is 5. The molecule has 6 rings (SSSR count). The van der Waals surface area contributed by atoms with Gasteiger partial charge in [0.1, 0.15) is 10.7 Å². The SMILES string of the molecule is Clc1nc2cc3c(cc2cc1C=NNc1nnc2c(n1)[nH]c1ccccc12)OCO3. The highest BCUT2D eigenvalue weighted by Gasteiger charge is 2.16. The number of hydrogen-bond donors (Lipinski definition) is 2. The first-order chi connectivity index (χ1) is 14.7. The third-order valence-electron chi connectivity index (χ3n) is 4.78. The Kier molecular flexibility index (Phi) is 3.68. The van der Waals surface area contributed by atoms with E-state index in [1.807, 2.05) is 36.4 Å². The average molecular weight is 418 g/mol. The number of halogens is 1. The third-order valence-corrected chi connectivity index (χ3v) is 5.08.